The van der Waals surface area contributed by atoms with Crippen molar-refractivity contribution in [2.24, 2.45) is 0 Å². The molecule has 0 amide bonds. The Hall–Kier alpha value is -1.56. The normalized spacial score (nSPS) is 10.0. The molecule has 0 saturated carbocycles. The lowest BCUT2D eigenvalue weighted by Crippen LogP contribution is -1.68. The van der Waals surface area contributed by atoms with Gasteiger partial charge in [0.25, 0.3) is 0 Å². The molecule has 0 aromatic carbocycles. The number of hydrogen-bond donors (Lipinski definition) is 0. The first-order valence-corrected chi connectivity index (χ1v) is 3.76. The highest BCUT2D eigenvalue weighted by Crippen LogP contribution is 1.99. The summed E-state index contributed by atoms with van der Waals surface area (Å²) < 4.78 is 0. The van der Waals surface area contributed by atoms with E-state index >= 15 is 0 Å². The molecule has 12 heavy (non-hydrogen) atoms. The van der Waals surface area contributed by atoms with Gasteiger partial charge < -0.3 is 0 Å². The molecule has 0 unspecified atom stereocenters. The second kappa shape index (κ2) is 7.55. The molecule has 0 radical (unpaired) electrons. The van der Waals surface area contributed by atoms with Crippen LogP contribution < -0.4 is 0 Å². The van der Waals surface area contributed by atoms with E-state index < -0.39 is 0 Å². The average Bonchev–Trinajstić information content (AvgIpc) is 2.10. The highest BCUT2D eigenvalue weighted by Gasteiger charge is 1.79. The molecule has 0 aromatic heterocycles. The van der Waals surface area contributed by atoms with Gasteiger partial charge in [0.15, 0.2) is 0 Å². The molecular weight excluding hydrogens is 144 g/mol. The van der Waals surface area contributed by atoms with Crippen LogP contribution in [0.15, 0.2) is 73.9 Å². The minimum Gasteiger partial charge on any atom is -0.0991 e. The Morgan fingerprint density at radius 3 is 1.58 bits per heavy atom. The molecule has 0 aliphatic rings. The van der Waals surface area contributed by atoms with Crippen LogP contribution >= 0.6 is 0 Å². The summed E-state index contributed by atoms with van der Waals surface area (Å²) in [6.07, 6.45) is 14.8. The van der Waals surface area contributed by atoms with Crippen LogP contribution in [-0.2, 0) is 0 Å². The fourth-order valence-corrected chi connectivity index (χ4v) is 0.661. The van der Waals surface area contributed by atoms with Crippen molar-refractivity contribution < 1.29 is 0 Å². The van der Waals surface area contributed by atoms with Gasteiger partial charge in [-0.1, -0.05) is 68.3 Å². The quantitative estimate of drug-likeness (QED) is 0.536. The first-order chi connectivity index (χ1) is 5.85. The largest absolute Gasteiger partial charge is 0.0991 e. The number of hydrogen-bond acceptors (Lipinski definition) is 0. The van der Waals surface area contributed by atoms with Crippen molar-refractivity contribution in [1.82, 2.24) is 0 Å². The van der Waals surface area contributed by atoms with Gasteiger partial charge in [0.2, 0.25) is 0 Å². The topological polar surface area (TPSA) is 0 Å². The van der Waals surface area contributed by atoms with Crippen LogP contribution in [0.1, 0.15) is 0 Å². The molecule has 0 nitrogen and oxygen atoms in total. The molecule has 0 aromatic rings. The molecule has 0 aliphatic carbocycles. The average molecular weight is 158 g/mol. The van der Waals surface area contributed by atoms with Gasteiger partial charge in [-0.2, -0.15) is 0 Å². The molecular formula is C12H14. The van der Waals surface area contributed by atoms with Gasteiger partial charge in [0.1, 0.15) is 0 Å². The van der Waals surface area contributed by atoms with E-state index in [0.717, 1.165) is 5.57 Å². The monoisotopic (exact) mass is 158 g/mol. The second-order valence-corrected chi connectivity index (χ2v) is 2.09. The minimum atomic E-state index is 1.07. The molecule has 62 valence electrons. The SMILES string of the molecule is C=CC=C(/C=C/C=C)/C=C/C=C. The van der Waals surface area contributed by atoms with Crippen molar-refractivity contribution in [2.75, 3.05) is 0 Å². The van der Waals surface area contributed by atoms with Crippen molar-refractivity contribution in [3.63, 3.8) is 0 Å². The molecule has 0 bridgehead atoms. The van der Waals surface area contributed by atoms with Crippen molar-refractivity contribution in [3.8, 4) is 0 Å². The summed E-state index contributed by atoms with van der Waals surface area (Å²) in [5.41, 5.74) is 1.07. The number of rotatable bonds is 5. The minimum absolute atomic E-state index is 1.07. The van der Waals surface area contributed by atoms with Gasteiger partial charge >= 0.3 is 0 Å². The summed E-state index contributed by atoms with van der Waals surface area (Å²) in [4.78, 5) is 0. The zero-order chi connectivity index (χ0) is 9.23. The lowest BCUT2D eigenvalue weighted by atomic mass is 10.2. The molecule has 0 N–H and O–H groups in total. The molecule has 0 aliphatic heterocycles. The van der Waals surface area contributed by atoms with E-state index in [1.165, 1.54) is 0 Å². The Balaban J connectivity index is 4.43. The Morgan fingerprint density at radius 1 is 0.750 bits per heavy atom. The van der Waals surface area contributed by atoms with Crippen LogP contribution in [0.25, 0.3) is 0 Å². The molecule has 0 saturated heterocycles. The fraction of sp³-hybridized carbons (Fsp3) is 0. The van der Waals surface area contributed by atoms with E-state index in [1.807, 2.05) is 30.4 Å². The summed E-state index contributed by atoms with van der Waals surface area (Å²) in [7, 11) is 0. The Kier molecular flexibility index (Phi) is 6.56. The lowest BCUT2D eigenvalue weighted by molar-refractivity contribution is 1.68. The highest BCUT2D eigenvalue weighted by molar-refractivity contribution is 5.35. The van der Waals surface area contributed by atoms with Crippen molar-refractivity contribution in [1.29, 1.82) is 0 Å². The summed E-state index contributed by atoms with van der Waals surface area (Å²) in [6, 6.07) is 0. The van der Waals surface area contributed by atoms with E-state index in [-0.39, 0.29) is 0 Å². The van der Waals surface area contributed by atoms with E-state index in [9.17, 15) is 0 Å². The molecule has 0 atom stereocenters. The van der Waals surface area contributed by atoms with Crippen molar-refractivity contribution in [3.05, 3.63) is 73.9 Å². The van der Waals surface area contributed by atoms with E-state index in [1.54, 1.807) is 18.2 Å². The van der Waals surface area contributed by atoms with Gasteiger partial charge in [-0.05, 0) is 5.57 Å². The predicted octanol–water partition coefficient (Wildman–Crippen LogP) is 3.58. The van der Waals surface area contributed by atoms with E-state index in [4.69, 9.17) is 0 Å². The van der Waals surface area contributed by atoms with Crippen LogP contribution in [0.4, 0.5) is 0 Å². The zero-order valence-electron chi connectivity index (χ0n) is 7.24. The molecule has 0 fully saturated rings. The molecule has 0 spiro atoms. The summed E-state index contributed by atoms with van der Waals surface area (Å²) in [5.74, 6) is 0. The van der Waals surface area contributed by atoms with Crippen LogP contribution in [0.2, 0.25) is 0 Å². The summed E-state index contributed by atoms with van der Waals surface area (Å²) in [5, 5.41) is 0. The molecule has 0 rings (SSSR count). The maximum atomic E-state index is 3.62. The number of allylic oxidation sites excluding steroid dienone is 9. The maximum Gasteiger partial charge on any atom is -0.0257 e. The Morgan fingerprint density at radius 2 is 1.25 bits per heavy atom. The van der Waals surface area contributed by atoms with Crippen molar-refractivity contribution >= 4 is 0 Å². The van der Waals surface area contributed by atoms with Gasteiger partial charge in [-0.25, -0.2) is 0 Å². The van der Waals surface area contributed by atoms with Crippen molar-refractivity contribution in [2.45, 2.75) is 0 Å². The smallest absolute Gasteiger partial charge is 0.0257 e. The van der Waals surface area contributed by atoms with Crippen LogP contribution in [-0.4, -0.2) is 0 Å². The molecule has 0 heteroatoms. The first kappa shape index (κ1) is 10.4. The van der Waals surface area contributed by atoms with Crippen LogP contribution in [0.5, 0.6) is 0 Å². The zero-order valence-corrected chi connectivity index (χ0v) is 7.24. The fourth-order valence-electron chi connectivity index (χ4n) is 0.661. The van der Waals surface area contributed by atoms with E-state index in [0.29, 0.717) is 0 Å². The first-order valence-electron chi connectivity index (χ1n) is 3.76. The third-order valence-corrected chi connectivity index (χ3v) is 1.16. The lowest BCUT2D eigenvalue weighted by Gasteiger charge is -1.88. The van der Waals surface area contributed by atoms with Gasteiger partial charge in [0, 0.05) is 0 Å². The Labute approximate surface area is 74.6 Å². The summed E-state index contributed by atoms with van der Waals surface area (Å²) in [6.45, 7) is 10.8. The van der Waals surface area contributed by atoms with Gasteiger partial charge in [0.05, 0.1) is 0 Å². The van der Waals surface area contributed by atoms with E-state index in [2.05, 4.69) is 19.7 Å². The summed E-state index contributed by atoms with van der Waals surface area (Å²) >= 11 is 0. The highest BCUT2D eigenvalue weighted by atomic mass is 13.9. The third kappa shape index (κ3) is 5.24. The second-order valence-electron chi connectivity index (χ2n) is 2.09. The maximum absolute atomic E-state index is 3.62. The standard InChI is InChI=1S/C12H14/c1-4-7-10-12(9-6-3)11-8-5-2/h4-11H,1-3H2/b10-7+,11-8+. The van der Waals surface area contributed by atoms with Gasteiger partial charge in [-0.3, -0.25) is 0 Å². The Bertz CT molecular complexity index is 217. The third-order valence-electron chi connectivity index (χ3n) is 1.16. The molecule has 0 heterocycles. The van der Waals surface area contributed by atoms with Gasteiger partial charge in [-0.15, -0.1) is 0 Å². The van der Waals surface area contributed by atoms with Crippen LogP contribution in [0, 0.1) is 0 Å². The predicted molar refractivity (Wildman–Crippen MR) is 57.0 cm³/mol. The van der Waals surface area contributed by atoms with Crippen LogP contribution in [0.3, 0.4) is 0 Å².